The topological polar surface area (TPSA) is 43.1 Å². The molecule has 1 aromatic carbocycles. The van der Waals surface area contributed by atoms with Gasteiger partial charge < -0.3 is 0 Å². The van der Waals surface area contributed by atoms with E-state index in [9.17, 15) is 18.9 Å². The highest BCUT2D eigenvalue weighted by Gasteiger charge is 2.35. The highest BCUT2D eigenvalue weighted by Crippen LogP contribution is 2.46. The molecule has 0 unspecified atom stereocenters. The average Bonchev–Trinajstić information content (AvgIpc) is 2.91. The summed E-state index contributed by atoms with van der Waals surface area (Å²) in [6, 6.07) is 1.73. The number of halogens is 2. The van der Waals surface area contributed by atoms with E-state index in [1.165, 1.54) is 0 Å². The Bertz CT molecular complexity index is 402. The number of rotatable bonds is 2. The van der Waals surface area contributed by atoms with Crippen LogP contribution in [-0.4, -0.2) is 4.92 Å². The summed E-state index contributed by atoms with van der Waals surface area (Å²) in [5.74, 6) is -1.81. The second-order valence-corrected chi connectivity index (χ2v) is 3.32. The summed E-state index contributed by atoms with van der Waals surface area (Å²) in [6.07, 6.45) is 1.39. The van der Waals surface area contributed by atoms with Crippen LogP contribution in [0, 0.1) is 21.7 Å². The Morgan fingerprint density at radius 3 is 2.36 bits per heavy atom. The van der Waals surface area contributed by atoms with Gasteiger partial charge in [0.15, 0.2) is 0 Å². The molecule has 1 saturated carbocycles. The minimum atomic E-state index is -0.960. The van der Waals surface area contributed by atoms with Gasteiger partial charge in [-0.2, -0.15) is 4.39 Å². The van der Waals surface area contributed by atoms with E-state index >= 15 is 0 Å². The normalized spacial score (nSPS) is 15.6. The van der Waals surface area contributed by atoms with E-state index in [0.29, 0.717) is 12.8 Å². The molecule has 0 saturated heterocycles. The van der Waals surface area contributed by atoms with Gasteiger partial charge >= 0.3 is 5.69 Å². The van der Waals surface area contributed by atoms with Crippen molar-refractivity contribution in [2.24, 2.45) is 0 Å². The third-order valence-corrected chi connectivity index (χ3v) is 2.28. The number of nitro groups is 1. The van der Waals surface area contributed by atoms with Gasteiger partial charge in [0.2, 0.25) is 5.82 Å². The van der Waals surface area contributed by atoms with Crippen molar-refractivity contribution < 1.29 is 13.7 Å². The average molecular weight is 199 g/mol. The number of nitro benzene ring substituents is 1. The van der Waals surface area contributed by atoms with E-state index in [1.807, 2.05) is 0 Å². The maximum absolute atomic E-state index is 13.2. The SMILES string of the molecule is O=[N+]([O-])c1c(F)ccc(F)c1C1CC1. The molecule has 0 bridgehead atoms. The zero-order valence-corrected chi connectivity index (χ0v) is 7.17. The molecule has 0 radical (unpaired) electrons. The van der Waals surface area contributed by atoms with E-state index in [4.69, 9.17) is 0 Å². The lowest BCUT2D eigenvalue weighted by Gasteiger charge is -2.02. The second-order valence-electron chi connectivity index (χ2n) is 3.32. The molecule has 5 heteroatoms. The molecule has 0 heterocycles. The fourth-order valence-corrected chi connectivity index (χ4v) is 1.50. The van der Waals surface area contributed by atoms with Crippen LogP contribution >= 0.6 is 0 Å². The summed E-state index contributed by atoms with van der Waals surface area (Å²) in [5, 5.41) is 10.5. The standard InChI is InChI=1S/C9H7F2NO2/c10-6-3-4-7(11)9(12(13)14)8(6)5-1-2-5/h3-5H,1-2H2. The van der Waals surface area contributed by atoms with Crippen molar-refractivity contribution in [1.82, 2.24) is 0 Å². The molecule has 0 amide bonds. The smallest absolute Gasteiger partial charge is 0.258 e. The van der Waals surface area contributed by atoms with Crippen molar-refractivity contribution >= 4 is 5.69 Å². The van der Waals surface area contributed by atoms with Crippen molar-refractivity contribution in [3.63, 3.8) is 0 Å². The van der Waals surface area contributed by atoms with Gasteiger partial charge in [-0.25, -0.2) is 4.39 Å². The van der Waals surface area contributed by atoms with E-state index in [0.717, 1.165) is 12.1 Å². The van der Waals surface area contributed by atoms with Crippen LogP contribution in [0.4, 0.5) is 14.5 Å². The van der Waals surface area contributed by atoms with Crippen molar-refractivity contribution in [3.05, 3.63) is 39.4 Å². The highest BCUT2D eigenvalue weighted by molar-refractivity contribution is 5.46. The minimum Gasteiger partial charge on any atom is -0.258 e. The molecule has 0 aliphatic heterocycles. The summed E-state index contributed by atoms with van der Waals surface area (Å²) in [6.45, 7) is 0. The molecule has 74 valence electrons. The van der Waals surface area contributed by atoms with Crippen molar-refractivity contribution in [1.29, 1.82) is 0 Å². The van der Waals surface area contributed by atoms with Gasteiger partial charge in [-0.15, -0.1) is 0 Å². The molecule has 1 fully saturated rings. The number of nitrogens with zero attached hydrogens (tertiary/aromatic N) is 1. The van der Waals surface area contributed by atoms with E-state index in [1.54, 1.807) is 0 Å². The summed E-state index contributed by atoms with van der Waals surface area (Å²) in [7, 11) is 0. The first-order chi connectivity index (χ1) is 6.61. The first-order valence-electron chi connectivity index (χ1n) is 4.23. The fourth-order valence-electron chi connectivity index (χ4n) is 1.50. The Hall–Kier alpha value is -1.52. The molecule has 1 aliphatic carbocycles. The molecule has 2 rings (SSSR count). The summed E-state index contributed by atoms with van der Waals surface area (Å²) < 4.78 is 26.3. The monoisotopic (exact) mass is 199 g/mol. The Morgan fingerprint density at radius 1 is 1.29 bits per heavy atom. The van der Waals surface area contributed by atoms with Crippen LogP contribution in [0.2, 0.25) is 0 Å². The largest absolute Gasteiger partial charge is 0.311 e. The molecule has 1 aliphatic rings. The Balaban J connectivity index is 2.62. The highest BCUT2D eigenvalue weighted by atomic mass is 19.1. The molecular formula is C9H7F2NO2. The van der Waals surface area contributed by atoms with Crippen LogP contribution in [0.5, 0.6) is 0 Å². The minimum absolute atomic E-state index is 0.0741. The summed E-state index contributed by atoms with van der Waals surface area (Å²) in [4.78, 5) is 9.67. The van der Waals surface area contributed by atoms with E-state index in [-0.39, 0.29) is 11.5 Å². The third kappa shape index (κ3) is 1.34. The quantitative estimate of drug-likeness (QED) is 0.542. The number of benzene rings is 1. The fraction of sp³-hybridized carbons (Fsp3) is 0.333. The van der Waals surface area contributed by atoms with Crippen LogP contribution in [0.15, 0.2) is 12.1 Å². The Kier molecular flexibility index (Phi) is 1.94. The lowest BCUT2D eigenvalue weighted by Crippen LogP contribution is -2.00. The molecule has 0 aromatic heterocycles. The lowest BCUT2D eigenvalue weighted by atomic mass is 10.1. The van der Waals surface area contributed by atoms with Crippen molar-refractivity contribution in [2.75, 3.05) is 0 Å². The summed E-state index contributed by atoms with van der Waals surface area (Å²) >= 11 is 0. The molecule has 3 nitrogen and oxygen atoms in total. The van der Waals surface area contributed by atoms with Crippen LogP contribution in [0.1, 0.15) is 24.3 Å². The van der Waals surface area contributed by atoms with Gasteiger partial charge in [0.05, 0.1) is 10.5 Å². The lowest BCUT2D eigenvalue weighted by molar-refractivity contribution is -0.388. The zero-order valence-electron chi connectivity index (χ0n) is 7.17. The van der Waals surface area contributed by atoms with Gasteiger partial charge in [-0.1, -0.05) is 0 Å². The van der Waals surface area contributed by atoms with Gasteiger partial charge in [0.25, 0.3) is 0 Å². The number of hydrogen-bond acceptors (Lipinski definition) is 2. The van der Waals surface area contributed by atoms with Crippen molar-refractivity contribution in [2.45, 2.75) is 18.8 Å². The van der Waals surface area contributed by atoms with Crippen LogP contribution in [-0.2, 0) is 0 Å². The Morgan fingerprint density at radius 2 is 1.86 bits per heavy atom. The molecule has 0 spiro atoms. The molecule has 0 N–H and O–H groups in total. The van der Waals surface area contributed by atoms with Gasteiger partial charge in [-0.3, -0.25) is 10.1 Å². The summed E-state index contributed by atoms with van der Waals surface area (Å²) in [5.41, 5.74) is -0.775. The van der Waals surface area contributed by atoms with E-state index < -0.39 is 22.2 Å². The molecule has 14 heavy (non-hydrogen) atoms. The maximum atomic E-state index is 13.2. The molecule has 0 atom stereocenters. The first kappa shape index (κ1) is 9.05. The van der Waals surface area contributed by atoms with Gasteiger partial charge in [-0.05, 0) is 30.9 Å². The van der Waals surface area contributed by atoms with Crippen LogP contribution in [0.25, 0.3) is 0 Å². The Labute approximate surface area is 78.5 Å². The number of hydrogen-bond donors (Lipinski definition) is 0. The van der Waals surface area contributed by atoms with Crippen LogP contribution in [0.3, 0.4) is 0 Å². The van der Waals surface area contributed by atoms with Gasteiger partial charge in [0, 0.05) is 0 Å². The maximum Gasteiger partial charge on any atom is 0.311 e. The van der Waals surface area contributed by atoms with Gasteiger partial charge in [0.1, 0.15) is 5.82 Å². The zero-order chi connectivity index (χ0) is 10.3. The van der Waals surface area contributed by atoms with Crippen LogP contribution < -0.4 is 0 Å². The predicted octanol–water partition coefficient (Wildman–Crippen LogP) is 2.75. The van der Waals surface area contributed by atoms with E-state index in [2.05, 4.69) is 0 Å². The first-order valence-corrected chi connectivity index (χ1v) is 4.23. The predicted molar refractivity (Wildman–Crippen MR) is 45.0 cm³/mol. The second kappa shape index (κ2) is 3.01. The molecular weight excluding hydrogens is 192 g/mol. The third-order valence-electron chi connectivity index (χ3n) is 2.28. The molecule has 1 aromatic rings. The van der Waals surface area contributed by atoms with Crippen molar-refractivity contribution in [3.8, 4) is 0 Å².